The number of benzene rings is 2. The first kappa shape index (κ1) is 15.4. The molecule has 20 heavy (non-hydrogen) atoms. The summed E-state index contributed by atoms with van der Waals surface area (Å²) in [4.78, 5) is 0. The highest BCUT2D eigenvalue weighted by molar-refractivity contribution is 9.10. The van der Waals surface area contributed by atoms with Gasteiger partial charge in [0, 0.05) is 20.7 Å². The summed E-state index contributed by atoms with van der Waals surface area (Å²) in [6.07, 6.45) is 1.01. The van der Waals surface area contributed by atoms with Crippen LogP contribution in [0.5, 0.6) is 5.75 Å². The summed E-state index contributed by atoms with van der Waals surface area (Å²) in [5.41, 5.74) is 2.31. The molecule has 1 unspecified atom stereocenters. The minimum atomic E-state index is 0.270. The minimum Gasteiger partial charge on any atom is -0.497 e. The van der Waals surface area contributed by atoms with Crippen LogP contribution in [0.4, 0.5) is 5.69 Å². The molecule has 0 amide bonds. The van der Waals surface area contributed by atoms with E-state index in [0.29, 0.717) is 0 Å². The molecule has 2 nitrogen and oxygen atoms in total. The number of nitrogens with one attached hydrogen (secondary N) is 1. The predicted octanol–water partition coefficient (Wildman–Crippen LogP) is 5.78. The molecule has 0 aliphatic carbocycles. The molecule has 0 aliphatic rings. The van der Waals surface area contributed by atoms with Crippen molar-refractivity contribution in [2.24, 2.45) is 0 Å². The highest BCUT2D eigenvalue weighted by Gasteiger charge is 2.10. The fraction of sp³-hybridized carbons (Fsp3) is 0.250. The Hall–Kier alpha value is -1.00. The van der Waals surface area contributed by atoms with E-state index in [4.69, 9.17) is 4.74 Å². The molecule has 0 aliphatic heterocycles. The smallest absolute Gasteiger partial charge is 0.122 e. The molecule has 0 radical (unpaired) electrons. The van der Waals surface area contributed by atoms with E-state index in [0.717, 1.165) is 26.8 Å². The number of ether oxygens (including phenoxy) is 1. The Morgan fingerprint density at radius 1 is 1.10 bits per heavy atom. The molecule has 0 aromatic heterocycles. The number of hydrogen-bond donors (Lipinski definition) is 1. The monoisotopic (exact) mass is 397 g/mol. The van der Waals surface area contributed by atoms with E-state index in [1.807, 2.05) is 18.2 Å². The van der Waals surface area contributed by atoms with Crippen LogP contribution in [-0.2, 0) is 0 Å². The summed E-state index contributed by atoms with van der Waals surface area (Å²) >= 11 is 7.03. The maximum absolute atomic E-state index is 5.30. The van der Waals surface area contributed by atoms with E-state index >= 15 is 0 Å². The Morgan fingerprint density at radius 2 is 1.90 bits per heavy atom. The van der Waals surface area contributed by atoms with E-state index in [1.54, 1.807) is 7.11 Å². The third-order valence-corrected chi connectivity index (χ3v) is 4.06. The SMILES string of the molecule is CCC(Nc1cc(Br)cc(OC)c1)c1cccc(Br)c1. The Kier molecular flexibility index (Phi) is 5.49. The molecular weight excluding hydrogens is 382 g/mol. The molecule has 0 bridgehead atoms. The van der Waals surface area contributed by atoms with Gasteiger partial charge in [0.2, 0.25) is 0 Å². The first-order valence-electron chi connectivity index (χ1n) is 6.49. The van der Waals surface area contributed by atoms with Crippen LogP contribution in [0, 0.1) is 0 Å². The topological polar surface area (TPSA) is 21.3 Å². The van der Waals surface area contributed by atoms with Gasteiger partial charge in [-0.1, -0.05) is 50.9 Å². The van der Waals surface area contributed by atoms with E-state index in [2.05, 4.69) is 68.4 Å². The summed E-state index contributed by atoms with van der Waals surface area (Å²) in [7, 11) is 1.68. The fourth-order valence-corrected chi connectivity index (χ4v) is 3.00. The fourth-order valence-electron chi connectivity index (χ4n) is 2.11. The summed E-state index contributed by atoms with van der Waals surface area (Å²) in [5, 5.41) is 3.56. The van der Waals surface area contributed by atoms with E-state index in [1.165, 1.54) is 5.56 Å². The van der Waals surface area contributed by atoms with Gasteiger partial charge in [0.15, 0.2) is 0 Å². The maximum atomic E-state index is 5.30. The van der Waals surface area contributed by atoms with Gasteiger partial charge >= 0.3 is 0 Å². The summed E-state index contributed by atoms with van der Waals surface area (Å²) in [5.74, 6) is 0.839. The van der Waals surface area contributed by atoms with Gasteiger partial charge in [-0.05, 0) is 36.2 Å². The molecule has 0 saturated carbocycles. The standard InChI is InChI=1S/C16H17Br2NO/c1-3-16(11-5-4-6-12(17)7-11)19-14-8-13(18)9-15(10-14)20-2/h4-10,16,19H,3H2,1-2H3. The van der Waals surface area contributed by atoms with Crippen molar-refractivity contribution >= 4 is 37.5 Å². The molecule has 2 aromatic carbocycles. The number of methoxy groups -OCH3 is 1. The highest BCUT2D eigenvalue weighted by Crippen LogP contribution is 2.29. The lowest BCUT2D eigenvalue weighted by molar-refractivity contribution is 0.414. The largest absolute Gasteiger partial charge is 0.497 e. The third kappa shape index (κ3) is 4.00. The molecule has 2 rings (SSSR count). The molecule has 0 spiro atoms. The van der Waals surface area contributed by atoms with Crippen LogP contribution < -0.4 is 10.1 Å². The van der Waals surface area contributed by atoms with Crippen molar-refractivity contribution in [3.8, 4) is 5.75 Å². The zero-order valence-corrected chi connectivity index (χ0v) is 14.7. The van der Waals surface area contributed by atoms with Crippen LogP contribution >= 0.6 is 31.9 Å². The van der Waals surface area contributed by atoms with Gasteiger partial charge in [-0.15, -0.1) is 0 Å². The molecule has 1 atom stereocenters. The number of hydrogen-bond acceptors (Lipinski definition) is 2. The van der Waals surface area contributed by atoms with Crippen molar-refractivity contribution in [3.05, 3.63) is 57.0 Å². The van der Waals surface area contributed by atoms with Crippen molar-refractivity contribution in [1.82, 2.24) is 0 Å². The van der Waals surface area contributed by atoms with Crippen LogP contribution in [-0.4, -0.2) is 7.11 Å². The lowest BCUT2D eigenvalue weighted by Gasteiger charge is -2.20. The second-order valence-corrected chi connectivity index (χ2v) is 6.37. The van der Waals surface area contributed by atoms with Crippen molar-refractivity contribution in [3.63, 3.8) is 0 Å². The van der Waals surface area contributed by atoms with Gasteiger partial charge in [0.05, 0.1) is 13.2 Å². The lowest BCUT2D eigenvalue weighted by Crippen LogP contribution is -2.09. The second-order valence-electron chi connectivity index (χ2n) is 4.54. The Bertz CT molecular complexity index is 586. The molecule has 1 N–H and O–H groups in total. The van der Waals surface area contributed by atoms with Crippen molar-refractivity contribution in [2.45, 2.75) is 19.4 Å². The first-order valence-corrected chi connectivity index (χ1v) is 8.07. The van der Waals surface area contributed by atoms with Crippen molar-refractivity contribution in [1.29, 1.82) is 0 Å². The minimum absolute atomic E-state index is 0.270. The van der Waals surface area contributed by atoms with Gasteiger partial charge in [0.1, 0.15) is 5.75 Å². The Balaban J connectivity index is 2.24. The van der Waals surface area contributed by atoms with Crippen LogP contribution in [0.3, 0.4) is 0 Å². The molecule has 106 valence electrons. The Morgan fingerprint density at radius 3 is 2.55 bits per heavy atom. The van der Waals surface area contributed by atoms with Crippen molar-refractivity contribution < 1.29 is 4.74 Å². The molecule has 0 saturated heterocycles. The molecule has 0 fully saturated rings. The molecule has 2 aromatic rings. The van der Waals surface area contributed by atoms with Gasteiger partial charge < -0.3 is 10.1 Å². The van der Waals surface area contributed by atoms with Gasteiger partial charge in [-0.25, -0.2) is 0 Å². The van der Waals surface area contributed by atoms with Crippen LogP contribution in [0.15, 0.2) is 51.4 Å². The zero-order chi connectivity index (χ0) is 14.5. The second kappa shape index (κ2) is 7.14. The summed E-state index contributed by atoms with van der Waals surface area (Å²) in [6, 6.07) is 14.7. The highest BCUT2D eigenvalue weighted by atomic mass is 79.9. The molecular formula is C16H17Br2NO. The van der Waals surface area contributed by atoms with E-state index in [-0.39, 0.29) is 6.04 Å². The van der Waals surface area contributed by atoms with Gasteiger partial charge in [-0.2, -0.15) is 0 Å². The molecule has 0 heterocycles. The summed E-state index contributed by atoms with van der Waals surface area (Å²) in [6.45, 7) is 2.17. The quantitative estimate of drug-likeness (QED) is 0.688. The van der Waals surface area contributed by atoms with Gasteiger partial charge in [-0.3, -0.25) is 0 Å². The third-order valence-electron chi connectivity index (χ3n) is 3.11. The zero-order valence-electron chi connectivity index (χ0n) is 11.5. The van der Waals surface area contributed by atoms with E-state index in [9.17, 15) is 0 Å². The average Bonchev–Trinajstić information content (AvgIpc) is 2.44. The average molecular weight is 399 g/mol. The summed E-state index contributed by atoms with van der Waals surface area (Å²) < 4.78 is 7.40. The lowest BCUT2D eigenvalue weighted by atomic mass is 10.0. The predicted molar refractivity (Wildman–Crippen MR) is 91.5 cm³/mol. The van der Waals surface area contributed by atoms with Gasteiger partial charge in [0.25, 0.3) is 0 Å². The number of anilines is 1. The van der Waals surface area contributed by atoms with Crippen LogP contribution in [0.1, 0.15) is 24.9 Å². The molecule has 4 heteroatoms. The Labute approximate surface area is 136 Å². The number of halogens is 2. The van der Waals surface area contributed by atoms with E-state index < -0.39 is 0 Å². The normalized spacial score (nSPS) is 12.0. The maximum Gasteiger partial charge on any atom is 0.122 e. The van der Waals surface area contributed by atoms with Crippen LogP contribution in [0.2, 0.25) is 0 Å². The van der Waals surface area contributed by atoms with Crippen LogP contribution in [0.25, 0.3) is 0 Å². The first-order chi connectivity index (χ1) is 9.62. The van der Waals surface area contributed by atoms with Crippen molar-refractivity contribution in [2.75, 3.05) is 12.4 Å². The number of rotatable bonds is 5.